The van der Waals surface area contributed by atoms with Crippen LogP contribution < -0.4 is 0 Å². The van der Waals surface area contributed by atoms with Gasteiger partial charge >= 0.3 is 0 Å². The van der Waals surface area contributed by atoms with Crippen molar-refractivity contribution in [2.45, 2.75) is 68.7 Å². The summed E-state index contributed by atoms with van der Waals surface area (Å²) in [4.78, 5) is 0.185. The van der Waals surface area contributed by atoms with E-state index in [9.17, 15) is 8.42 Å². The highest BCUT2D eigenvalue weighted by molar-refractivity contribution is 7.86. The van der Waals surface area contributed by atoms with E-state index in [1.807, 2.05) is 6.92 Å². The Balaban J connectivity index is 1.80. The van der Waals surface area contributed by atoms with Crippen molar-refractivity contribution in [2.24, 2.45) is 0 Å². The second-order valence-corrected chi connectivity index (χ2v) is 8.21. The highest BCUT2D eigenvalue weighted by atomic mass is 32.2. The van der Waals surface area contributed by atoms with Crippen molar-refractivity contribution < 1.29 is 22.1 Å². The van der Waals surface area contributed by atoms with E-state index < -0.39 is 16.2 Å². The lowest BCUT2D eigenvalue weighted by Crippen LogP contribution is -2.46. The standard InChI is InChI=1S/C18H26O5S/c1-14-8-10-15(11-9-14)24(19,20)23-18(16-6-2-4-12-21-16)17-7-3-5-13-22-17/h8-11,16-18H,2-7,12-13H2,1H3. The van der Waals surface area contributed by atoms with Crippen LogP contribution in [0, 0.1) is 6.92 Å². The molecule has 0 N–H and O–H groups in total. The van der Waals surface area contributed by atoms with Crippen LogP contribution in [0.1, 0.15) is 44.1 Å². The van der Waals surface area contributed by atoms with Crippen molar-refractivity contribution in [1.29, 1.82) is 0 Å². The second-order valence-electron chi connectivity index (χ2n) is 6.64. The molecule has 3 rings (SSSR count). The monoisotopic (exact) mass is 354 g/mol. The summed E-state index contributed by atoms with van der Waals surface area (Å²) in [6.45, 7) is 3.23. The summed E-state index contributed by atoms with van der Waals surface area (Å²) >= 11 is 0. The van der Waals surface area contributed by atoms with Crippen molar-refractivity contribution >= 4 is 10.1 Å². The van der Waals surface area contributed by atoms with Gasteiger partial charge in [-0.1, -0.05) is 17.7 Å². The van der Waals surface area contributed by atoms with Crippen LogP contribution in [0.15, 0.2) is 29.2 Å². The Hall–Kier alpha value is -0.950. The minimum atomic E-state index is -3.83. The molecule has 0 amide bonds. The maximum absolute atomic E-state index is 12.7. The van der Waals surface area contributed by atoms with Crippen molar-refractivity contribution in [1.82, 2.24) is 0 Å². The molecule has 0 spiro atoms. The summed E-state index contributed by atoms with van der Waals surface area (Å²) in [7, 11) is -3.83. The Morgan fingerprint density at radius 3 is 1.96 bits per heavy atom. The summed E-state index contributed by atoms with van der Waals surface area (Å²) in [5, 5.41) is 0. The molecular formula is C18H26O5S. The summed E-state index contributed by atoms with van der Waals surface area (Å²) in [5.74, 6) is 0. The molecular weight excluding hydrogens is 328 g/mol. The van der Waals surface area contributed by atoms with Gasteiger partial charge in [-0.15, -0.1) is 0 Å². The Kier molecular flexibility index (Phi) is 5.92. The van der Waals surface area contributed by atoms with Gasteiger partial charge in [-0.2, -0.15) is 8.42 Å². The molecule has 24 heavy (non-hydrogen) atoms. The molecule has 2 atom stereocenters. The summed E-state index contributed by atoms with van der Waals surface area (Å²) < 4.78 is 42.7. The van der Waals surface area contributed by atoms with Crippen molar-refractivity contribution in [3.8, 4) is 0 Å². The molecule has 1 aromatic rings. The van der Waals surface area contributed by atoms with Crippen LogP contribution in [0.5, 0.6) is 0 Å². The van der Waals surface area contributed by atoms with Crippen LogP contribution in [0.25, 0.3) is 0 Å². The predicted molar refractivity (Wildman–Crippen MR) is 90.4 cm³/mol. The van der Waals surface area contributed by atoms with Gasteiger partial charge in [0.1, 0.15) is 6.10 Å². The molecule has 1 aromatic carbocycles. The van der Waals surface area contributed by atoms with Gasteiger partial charge in [0.15, 0.2) is 0 Å². The van der Waals surface area contributed by atoms with E-state index in [1.165, 1.54) is 0 Å². The number of aryl methyl sites for hydroxylation is 1. The number of hydrogen-bond acceptors (Lipinski definition) is 5. The molecule has 0 aliphatic carbocycles. The third-order valence-electron chi connectivity index (χ3n) is 4.71. The van der Waals surface area contributed by atoms with E-state index in [0.717, 1.165) is 44.1 Å². The van der Waals surface area contributed by atoms with Crippen LogP contribution >= 0.6 is 0 Å². The summed E-state index contributed by atoms with van der Waals surface area (Å²) in [6.07, 6.45) is 4.70. The number of ether oxygens (including phenoxy) is 2. The van der Waals surface area contributed by atoms with E-state index in [4.69, 9.17) is 13.7 Å². The highest BCUT2D eigenvalue weighted by Gasteiger charge is 2.38. The smallest absolute Gasteiger partial charge is 0.297 e. The number of hydrogen-bond donors (Lipinski definition) is 0. The van der Waals surface area contributed by atoms with Crippen LogP contribution in [0.2, 0.25) is 0 Å². The fourth-order valence-corrected chi connectivity index (χ4v) is 4.44. The molecule has 0 bridgehead atoms. The highest BCUT2D eigenvalue weighted by Crippen LogP contribution is 2.29. The molecule has 2 aliphatic heterocycles. The first kappa shape index (κ1) is 17.9. The number of benzene rings is 1. The van der Waals surface area contributed by atoms with Crippen molar-refractivity contribution in [3.63, 3.8) is 0 Å². The Bertz CT molecular complexity index is 595. The lowest BCUT2D eigenvalue weighted by atomic mass is 9.96. The Morgan fingerprint density at radius 2 is 1.50 bits per heavy atom. The molecule has 5 nitrogen and oxygen atoms in total. The zero-order valence-electron chi connectivity index (χ0n) is 14.1. The first-order valence-corrected chi connectivity index (χ1v) is 10.2. The largest absolute Gasteiger partial charge is 0.375 e. The molecule has 2 heterocycles. The van der Waals surface area contributed by atoms with Crippen molar-refractivity contribution in [2.75, 3.05) is 13.2 Å². The lowest BCUT2D eigenvalue weighted by molar-refractivity contribution is -0.123. The van der Waals surface area contributed by atoms with E-state index >= 15 is 0 Å². The van der Waals surface area contributed by atoms with Crippen LogP contribution in [0.3, 0.4) is 0 Å². The average molecular weight is 354 g/mol. The minimum absolute atomic E-state index is 0.185. The van der Waals surface area contributed by atoms with Gasteiger partial charge in [0, 0.05) is 13.2 Å². The molecule has 6 heteroatoms. The molecule has 2 fully saturated rings. The number of rotatable bonds is 5. The molecule has 0 aromatic heterocycles. The molecule has 0 saturated carbocycles. The van der Waals surface area contributed by atoms with Gasteiger partial charge in [-0.25, -0.2) is 0 Å². The Morgan fingerprint density at radius 1 is 0.958 bits per heavy atom. The van der Waals surface area contributed by atoms with Gasteiger partial charge in [-0.05, 0) is 57.6 Å². The zero-order valence-corrected chi connectivity index (χ0v) is 15.0. The van der Waals surface area contributed by atoms with E-state index in [0.29, 0.717) is 13.2 Å². The summed E-state index contributed by atoms with van der Waals surface area (Å²) in [5.41, 5.74) is 1.01. The fourth-order valence-electron chi connectivity index (χ4n) is 3.32. The van der Waals surface area contributed by atoms with Crippen molar-refractivity contribution in [3.05, 3.63) is 29.8 Å². The molecule has 2 saturated heterocycles. The van der Waals surface area contributed by atoms with E-state index in [1.54, 1.807) is 24.3 Å². The van der Waals surface area contributed by atoms with E-state index in [-0.39, 0.29) is 17.1 Å². The van der Waals surface area contributed by atoms with Gasteiger partial charge in [0.2, 0.25) is 0 Å². The first-order chi connectivity index (χ1) is 11.6. The maximum Gasteiger partial charge on any atom is 0.297 e. The summed E-state index contributed by atoms with van der Waals surface area (Å²) in [6, 6.07) is 6.73. The van der Waals surface area contributed by atoms with Gasteiger partial charge in [0.25, 0.3) is 10.1 Å². The normalized spacial score (nSPS) is 26.9. The van der Waals surface area contributed by atoms with Gasteiger partial charge in [0.05, 0.1) is 17.1 Å². The van der Waals surface area contributed by atoms with Crippen LogP contribution in [0.4, 0.5) is 0 Å². The second kappa shape index (κ2) is 7.95. The molecule has 2 unspecified atom stereocenters. The van der Waals surface area contributed by atoms with E-state index in [2.05, 4.69) is 0 Å². The quantitative estimate of drug-likeness (QED) is 0.760. The minimum Gasteiger partial charge on any atom is -0.375 e. The van der Waals surface area contributed by atoms with Gasteiger partial charge < -0.3 is 9.47 Å². The first-order valence-electron chi connectivity index (χ1n) is 8.79. The average Bonchev–Trinajstić information content (AvgIpc) is 2.62. The van der Waals surface area contributed by atoms with Gasteiger partial charge in [-0.3, -0.25) is 4.18 Å². The maximum atomic E-state index is 12.7. The third-order valence-corrected chi connectivity index (χ3v) is 6.04. The fraction of sp³-hybridized carbons (Fsp3) is 0.667. The predicted octanol–water partition coefficient (Wildman–Crippen LogP) is 3.21. The molecule has 134 valence electrons. The zero-order chi connectivity index (χ0) is 17.0. The molecule has 2 aliphatic rings. The molecule has 0 radical (unpaired) electrons. The SMILES string of the molecule is Cc1ccc(S(=O)(=O)OC(C2CCCCO2)C2CCCCO2)cc1. The van der Waals surface area contributed by atoms with Crippen LogP contribution in [-0.4, -0.2) is 39.9 Å². The Labute approximate surface area is 144 Å². The topological polar surface area (TPSA) is 61.8 Å². The third kappa shape index (κ3) is 4.36. The lowest BCUT2D eigenvalue weighted by Gasteiger charge is -2.36. The van der Waals surface area contributed by atoms with Crippen LogP contribution in [-0.2, 0) is 23.8 Å².